The highest BCUT2D eigenvalue weighted by Gasteiger charge is 2.57. The third-order valence-corrected chi connectivity index (χ3v) is 12.7. The molecule has 2 heterocycles. The van der Waals surface area contributed by atoms with E-state index >= 15 is 0 Å². The maximum atomic E-state index is 13.3. The van der Waals surface area contributed by atoms with Gasteiger partial charge in [-0.3, -0.25) is 18.9 Å². The van der Waals surface area contributed by atoms with Crippen molar-refractivity contribution in [2.24, 2.45) is 23.2 Å². The molecular formula is C35H41F5N2O5S. The number of nitrogens with zero attached hydrogens (tertiary/aromatic N) is 2. The quantitative estimate of drug-likeness (QED) is 0.236. The molecular weight excluding hydrogens is 655 g/mol. The number of amides is 1. The first-order chi connectivity index (χ1) is 22.7. The number of carbonyl (C=O) groups is 2. The second-order valence-corrected chi connectivity index (χ2v) is 15.7. The van der Waals surface area contributed by atoms with Crippen molar-refractivity contribution in [2.45, 2.75) is 95.8 Å². The summed E-state index contributed by atoms with van der Waals surface area (Å²) < 4.78 is 88.5. The molecule has 0 saturated heterocycles. The zero-order chi connectivity index (χ0) is 34.4. The Bertz CT molecular complexity index is 1560. The number of methoxy groups -OCH3 is 1. The maximum absolute atomic E-state index is 13.3. The standard InChI is InChI=1S/C35H41F5N2O5S/c1-33-12-10-24-25-18-28(46-2)29(47-32(44)42-19-22-6-3-13-41-27(22)20-42)17-23(25)16-21(31(24)26(33)8-9-30(33)43)7-4-14-48(45)15-5-11-34(36,37)35(38,39)40/h3,6,13,17-18,21,24,26,31H,4-5,7-12,14-16,19-20H2,1-2H3/t21-,24-,26+,31-,33+,48?/m1/s1. The highest BCUT2D eigenvalue weighted by atomic mass is 32.2. The van der Waals surface area contributed by atoms with E-state index in [9.17, 15) is 35.8 Å². The Hall–Kier alpha value is -3.09. The number of halogens is 5. The minimum Gasteiger partial charge on any atom is -0.493 e. The van der Waals surface area contributed by atoms with Crippen LogP contribution in [-0.2, 0) is 35.1 Å². The lowest BCUT2D eigenvalue weighted by molar-refractivity contribution is -0.284. The van der Waals surface area contributed by atoms with Crippen LogP contribution < -0.4 is 9.47 Å². The van der Waals surface area contributed by atoms with Crippen LogP contribution in [0.3, 0.4) is 0 Å². The fourth-order valence-electron chi connectivity index (χ4n) is 8.77. The summed E-state index contributed by atoms with van der Waals surface area (Å²) in [6.45, 7) is 2.82. The number of pyridine rings is 1. The first-order valence-electron chi connectivity index (χ1n) is 16.6. The van der Waals surface area contributed by atoms with Gasteiger partial charge in [-0.1, -0.05) is 13.0 Å². The molecule has 2 aromatic rings. The van der Waals surface area contributed by atoms with Crippen LogP contribution in [0.4, 0.5) is 26.7 Å². The molecule has 7 nitrogen and oxygen atoms in total. The number of rotatable bonds is 10. The molecule has 1 aromatic carbocycles. The van der Waals surface area contributed by atoms with E-state index < -0.39 is 47.2 Å². The number of ketones is 1. The van der Waals surface area contributed by atoms with Gasteiger partial charge in [-0.25, -0.2) is 4.79 Å². The highest BCUT2D eigenvalue weighted by Crippen LogP contribution is 2.62. The summed E-state index contributed by atoms with van der Waals surface area (Å²) in [7, 11) is 0.00872. The topological polar surface area (TPSA) is 85.8 Å². The van der Waals surface area contributed by atoms with Crippen LogP contribution in [0.5, 0.6) is 11.5 Å². The van der Waals surface area contributed by atoms with E-state index in [4.69, 9.17) is 9.47 Å². The predicted molar refractivity (Wildman–Crippen MR) is 168 cm³/mol. The molecule has 1 amide bonds. The first-order valence-corrected chi connectivity index (χ1v) is 18.1. The van der Waals surface area contributed by atoms with E-state index in [1.165, 1.54) is 7.11 Å². The Morgan fingerprint density at radius 3 is 2.58 bits per heavy atom. The lowest BCUT2D eigenvalue weighted by Gasteiger charge is -2.52. The molecule has 13 heteroatoms. The Kier molecular flexibility index (Phi) is 9.65. The zero-order valence-corrected chi connectivity index (χ0v) is 27.9. The van der Waals surface area contributed by atoms with Gasteiger partial charge in [-0.05, 0) is 104 Å². The largest absolute Gasteiger partial charge is 0.493 e. The Labute approximate surface area is 279 Å². The summed E-state index contributed by atoms with van der Waals surface area (Å²) in [5, 5.41) is 0. The van der Waals surface area contributed by atoms with Crippen molar-refractivity contribution in [2.75, 3.05) is 18.6 Å². The molecule has 2 saturated carbocycles. The van der Waals surface area contributed by atoms with E-state index in [2.05, 4.69) is 11.9 Å². The average molecular weight is 697 g/mol. The van der Waals surface area contributed by atoms with Crippen molar-refractivity contribution in [3.8, 4) is 11.5 Å². The van der Waals surface area contributed by atoms with Gasteiger partial charge in [0.25, 0.3) is 0 Å². The van der Waals surface area contributed by atoms with Gasteiger partial charge in [0.15, 0.2) is 11.5 Å². The second-order valence-electron chi connectivity index (χ2n) is 14.0. The number of aromatic nitrogens is 1. The first kappa shape index (κ1) is 34.8. The zero-order valence-electron chi connectivity index (χ0n) is 27.1. The number of hydrogen-bond donors (Lipinski definition) is 0. The smallest absolute Gasteiger partial charge is 0.453 e. The van der Waals surface area contributed by atoms with Crippen molar-refractivity contribution < 1.29 is 45.2 Å². The van der Waals surface area contributed by atoms with Gasteiger partial charge in [0.1, 0.15) is 5.78 Å². The van der Waals surface area contributed by atoms with E-state index in [1.807, 2.05) is 24.3 Å². The molecule has 1 unspecified atom stereocenters. The highest BCUT2D eigenvalue weighted by molar-refractivity contribution is 7.84. The average Bonchev–Trinajstić information content (AvgIpc) is 3.60. The van der Waals surface area contributed by atoms with Gasteiger partial charge in [0, 0.05) is 46.8 Å². The Balaban J connectivity index is 1.18. The van der Waals surface area contributed by atoms with E-state index in [1.54, 1.807) is 11.1 Å². The second kappa shape index (κ2) is 13.3. The number of Topliss-reactive ketones (excluding diaryl/α,β-unsaturated/α-hetero) is 1. The van der Waals surface area contributed by atoms with E-state index in [0.29, 0.717) is 56.1 Å². The molecule has 0 N–H and O–H groups in total. The van der Waals surface area contributed by atoms with Crippen molar-refractivity contribution in [1.29, 1.82) is 0 Å². The summed E-state index contributed by atoms with van der Waals surface area (Å²) in [4.78, 5) is 32.3. The van der Waals surface area contributed by atoms with Gasteiger partial charge in [0.05, 0.1) is 25.9 Å². The monoisotopic (exact) mass is 696 g/mol. The van der Waals surface area contributed by atoms with Gasteiger partial charge >= 0.3 is 18.2 Å². The molecule has 6 rings (SSSR count). The summed E-state index contributed by atoms with van der Waals surface area (Å²) in [5.41, 5.74) is 3.55. The fourth-order valence-corrected chi connectivity index (χ4v) is 9.93. The van der Waals surface area contributed by atoms with Gasteiger partial charge in [-0.15, -0.1) is 0 Å². The van der Waals surface area contributed by atoms with Crippen LogP contribution in [0.25, 0.3) is 0 Å². The van der Waals surface area contributed by atoms with Crippen molar-refractivity contribution in [3.63, 3.8) is 0 Å². The van der Waals surface area contributed by atoms with Crippen molar-refractivity contribution in [3.05, 3.63) is 52.8 Å². The molecule has 1 aliphatic heterocycles. The summed E-state index contributed by atoms with van der Waals surface area (Å²) in [6, 6.07) is 7.61. The molecule has 6 atom stereocenters. The summed E-state index contributed by atoms with van der Waals surface area (Å²) in [6.07, 6.45) is -1.51. The Morgan fingerprint density at radius 2 is 1.85 bits per heavy atom. The molecule has 262 valence electrons. The normalized spacial score (nSPS) is 27.1. The third kappa shape index (κ3) is 6.59. The fraction of sp³-hybridized carbons (Fsp3) is 0.629. The number of carbonyl (C=O) groups excluding carboxylic acids is 2. The van der Waals surface area contributed by atoms with E-state index in [0.717, 1.165) is 41.6 Å². The summed E-state index contributed by atoms with van der Waals surface area (Å²) in [5.74, 6) is -3.08. The Morgan fingerprint density at radius 1 is 1.08 bits per heavy atom. The molecule has 4 aliphatic rings. The molecule has 1 aromatic heterocycles. The van der Waals surface area contributed by atoms with Crippen LogP contribution in [0.2, 0.25) is 0 Å². The maximum Gasteiger partial charge on any atom is 0.453 e. The van der Waals surface area contributed by atoms with Crippen LogP contribution in [0.1, 0.15) is 86.6 Å². The van der Waals surface area contributed by atoms with Crippen LogP contribution in [0.15, 0.2) is 30.5 Å². The SMILES string of the molecule is COc1cc2c(cc1OC(=O)N1Cc3cccnc3C1)C[C@@H](CCCS(=O)CCCC(F)(F)C(F)(F)F)[C@@H]1[C@@H]2CC[C@]2(C)C(=O)CC[C@@H]12. The molecule has 0 bridgehead atoms. The van der Waals surface area contributed by atoms with Gasteiger partial charge < -0.3 is 9.47 Å². The number of fused-ring (bicyclic) bond motifs is 6. The number of benzene rings is 1. The third-order valence-electron chi connectivity index (χ3n) is 11.3. The summed E-state index contributed by atoms with van der Waals surface area (Å²) >= 11 is 0. The molecule has 0 radical (unpaired) electrons. The number of ether oxygens (including phenoxy) is 2. The molecule has 2 fully saturated rings. The number of hydrogen-bond acceptors (Lipinski definition) is 6. The van der Waals surface area contributed by atoms with Crippen LogP contribution in [0, 0.1) is 23.2 Å². The van der Waals surface area contributed by atoms with Gasteiger partial charge in [-0.2, -0.15) is 22.0 Å². The lowest BCUT2D eigenvalue weighted by Crippen LogP contribution is -2.46. The molecule has 48 heavy (non-hydrogen) atoms. The lowest BCUT2D eigenvalue weighted by atomic mass is 9.52. The predicted octanol–water partition coefficient (Wildman–Crippen LogP) is 7.76. The number of alkyl halides is 5. The van der Waals surface area contributed by atoms with Crippen molar-refractivity contribution in [1.82, 2.24) is 9.88 Å². The minimum atomic E-state index is -5.61. The minimum absolute atomic E-state index is 0.126. The van der Waals surface area contributed by atoms with Crippen LogP contribution in [-0.4, -0.2) is 56.7 Å². The van der Waals surface area contributed by atoms with Gasteiger partial charge in [0.2, 0.25) is 0 Å². The molecule has 0 spiro atoms. The van der Waals surface area contributed by atoms with Crippen molar-refractivity contribution >= 4 is 22.7 Å². The van der Waals surface area contributed by atoms with Crippen LogP contribution >= 0.6 is 0 Å². The van der Waals surface area contributed by atoms with E-state index in [-0.39, 0.29) is 35.2 Å². The molecule has 3 aliphatic carbocycles.